The molecule has 0 saturated heterocycles. The van der Waals surface area contributed by atoms with Crippen LogP contribution in [0.25, 0.3) is 0 Å². The molecule has 2 nitrogen and oxygen atoms in total. The average Bonchev–Trinajstić information content (AvgIpc) is 3.06. The number of hydrogen-bond acceptors (Lipinski definition) is 2. The number of ether oxygens (including phenoxy) is 1. The molecule has 0 bridgehead atoms. The molecule has 1 N–H and O–H groups in total. The fraction of sp³-hybridized carbons (Fsp3) is 0.368. The maximum Gasteiger partial charge on any atom is 0.123 e. The molecule has 1 saturated carbocycles. The smallest absolute Gasteiger partial charge is 0.123 e. The molecule has 1 fully saturated rings. The van der Waals surface area contributed by atoms with Crippen LogP contribution in [0.5, 0.6) is 5.75 Å². The van der Waals surface area contributed by atoms with E-state index in [1.54, 1.807) is 12.1 Å². The molecule has 1 aliphatic carbocycles. The minimum absolute atomic E-state index is 0. The van der Waals surface area contributed by atoms with Crippen molar-refractivity contribution >= 4 is 12.4 Å². The van der Waals surface area contributed by atoms with E-state index in [1.165, 1.54) is 43.4 Å². The number of hydrogen-bond donors (Lipinski definition) is 1. The van der Waals surface area contributed by atoms with Gasteiger partial charge in [-0.3, -0.25) is 0 Å². The molecule has 0 aliphatic heterocycles. The lowest BCUT2D eigenvalue weighted by Crippen LogP contribution is -2.25. The third-order valence-corrected chi connectivity index (χ3v) is 4.17. The molecule has 0 atom stereocenters. The fourth-order valence-corrected chi connectivity index (χ4v) is 2.88. The average molecular weight is 336 g/mol. The first-order valence-electron chi connectivity index (χ1n) is 7.99. The largest absolute Gasteiger partial charge is 0.489 e. The highest BCUT2D eigenvalue weighted by atomic mass is 35.5. The molecule has 0 aromatic heterocycles. The van der Waals surface area contributed by atoms with Gasteiger partial charge in [-0.2, -0.15) is 0 Å². The summed E-state index contributed by atoms with van der Waals surface area (Å²) in [5.74, 6) is 0.638. The molecule has 0 heterocycles. The van der Waals surface area contributed by atoms with Crippen LogP contribution in [0.3, 0.4) is 0 Å². The first-order chi connectivity index (χ1) is 10.8. The van der Waals surface area contributed by atoms with Gasteiger partial charge in [0.15, 0.2) is 0 Å². The summed E-state index contributed by atoms with van der Waals surface area (Å²) in [6.07, 6.45) is 5.28. The van der Waals surface area contributed by atoms with Crippen molar-refractivity contribution in [2.75, 3.05) is 0 Å². The van der Waals surface area contributed by atoms with Crippen LogP contribution in [-0.4, -0.2) is 6.04 Å². The Bertz CT molecular complexity index is 597. The minimum atomic E-state index is -0.219. The highest BCUT2D eigenvalue weighted by Gasteiger charge is 2.13. The molecular weight excluding hydrogens is 313 g/mol. The van der Waals surface area contributed by atoms with Crippen LogP contribution in [0.15, 0.2) is 48.5 Å². The number of benzene rings is 2. The molecular formula is C19H23ClFNO. The standard InChI is InChI=1S/C19H22FNO.ClH/c20-17-10-8-15(9-11-17)14-22-19-7-3-4-16(12-19)13-21-18-5-1-2-6-18;/h3-4,7-12,18,21H,1-2,5-6,13-14H2;1H. The van der Waals surface area contributed by atoms with Crippen molar-refractivity contribution < 1.29 is 9.13 Å². The van der Waals surface area contributed by atoms with Crippen LogP contribution >= 0.6 is 12.4 Å². The van der Waals surface area contributed by atoms with Gasteiger partial charge in [-0.05, 0) is 48.2 Å². The molecule has 0 unspecified atom stereocenters. The second-order valence-corrected chi connectivity index (χ2v) is 5.92. The first kappa shape index (κ1) is 17.8. The lowest BCUT2D eigenvalue weighted by atomic mass is 10.2. The zero-order valence-electron chi connectivity index (χ0n) is 13.1. The molecule has 3 rings (SSSR count). The zero-order valence-corrected chi connectivity index (χ0v) is 13.9. The third-order valence-electron chi connectivity index (χ3n) is 4.17. The maximum atomic E-state index is 12.9. The van der Waals surface area contributed by atoms with Crippen LogP contribution in [0.1, 0.15) is 36.8 Å². The fourth-order valence-electron chi connectivity index (χ4n) is 2.88. The predicted molar refractivity (Wildman–Crippen MR) is 93.5 cm³/mol. The summed E-state index contributed by atoms with van der Waals surface area (Å²) in [4.78, 5) is 0. The van der Waals surface area contributed by atoms with E-state index >= 15 is 0 Å². The van der Waals surface area contributed by atoms with Gasteiger partial charge in [0.25, 0.3) is 0 Å². The number of halogens is 2. The van der Waals surface area contributed by atoms with Gasteiger partial charge in [-0.15, -0.1) is 12.4 Å². The Hall–Kier alpha value is -1.58. The van der Waals surface area contributed by atoms with E-state index in [1.807, 2.05) is 12.1 Å². The van der Waals surface area contributed by atoms with Gasteiger partial charge in [-0.25, -0.2) is 4.39 Å². The van der Waals surface area contributed by atoms with Gasteiger partial charge < -0.3 is 10.1 Å². The van der Waals surface area contributed by atoms with E-state index in [2.05, 4.69) is 17.4 Å². The molecule has 4 heteroatoms. The Labute approximate surface area is 143 Å². The van der Waals surface area contributed by atoms with Crippen LogP contribution in [0.2, 0.25) is 0 Å². The lowest BCUT2D eigenvalue weighted by molar-refractivity contribution is 0.305. The highest BCUT2D eigenvalue weighted by Crippen LogP contribution is 2.19. The molecule has 0 radical (unpaired) electrons. The topological polar surface area (TPSA) is 21.3 Å². The van der Waals surface area contributed by atoms with Gasteiger partial charge in [0.2, 0.25) is 0 Å². The second-order valence-electron chi connectivity index (χ2n) is 5.92. The minimum Gasteiger partial charge on any atom is -0.489 e. The molecule has 0 spiro atoms. The van der Waals surface area contributed by atoms with Crippen LogP contribution in [-0.2, 0) is 13.2 Å². The van der Waals surface area contributed by atoms with Crippen molar-refractivity contribution in [3.05, 3.63) is 65.5 Å². The Morgan fingerprint density at radius 1 is 1.00 bits per heavy atom. The Morgan fingerprint density at radius 2 is 1.74 bits per heavy atom. The van der Waals surface area contributed by atoms with E-state index in [0.717, 1.165) is 17.9 Å². The zero-order chi connectivity index (χ0) is 15.2. The second kappa shape index (κ2) is 8.90. The quantitative estimate of drug-likeness (QED) is 0.814. The van der Waals surface area contributed by atoms with Crippen molar-refractivity contribution in [3.63, 3.8) is 0 Å². The van der Waals surface area contributed by atoms with Crippen molar-refractivity contribution in [2.45, 2.75) is 44.9 Å². The Kier molecular flexibility index (Phi) is 6.87. The number of nitrogens with one attached hydrogen (secondary N) is 1. The van der Waals surface area contributed by atoms with Gasteiger partial charge in [-0.1, -0.05) is 37.1 Å². The van der Waals surface area contributed by atoms with Crippen molar-refractivity contribution in [2.24, 2.45) is 0 Å². The van der Waals surface area contributed by atoms with Crippen LogP contribution < -0.4 is 10.1 Å². The Balaban J connectivity index is 0.00000192. The SMILES string of the molecule is Cl.Fc1ccc(COc2cccc(CNC3CCCC3)c2)cc1. The summed E-state index contributed by atoms with van der Waals surface area (Å²) in [6, 6.07) is 15.3. The monoisotopic (exact) mass is 335 g/mol. The maximum absolute atomic E-state index is 12.9. The molecule has 1 aliphatic rings. The number of rotatable bonds is 6. The summed E-state index contributed by atoms with van der Waals surface area (Å²) in [5, 5.41) is 3.61. The molecule has 124 valence electrons. The third kappa shape index (κ3) is 5.52. The van der Waals surface area contributed by atoms with Crippen LogP contribution in [0.4, 0.5) is 4.39 Å². The van der Waals surface area contributed by atoms with Gasteiger partial charge in [0.1, 0.15) is 18.2 Å². The van der Waals surface area contributed by atoms with Gasteiger partial charge >= 0.3 is 0 Å². The summed E-state index contributed by atoms with van der Waals surface area (Å²) in [7, 11) is 0. The summed E-state index contributed by atoms with van der Waals surface area (Å²) < 4.78 is 18.7. The van der Waals surface area contributed by atoms with E-state index in [0.29, 0.717) is 12.6 Å². The summed E-state index contributed by atoms with van der Waals surface area (Å²) in [6.45, 7) is 1.35. The van der Waals surface area contributed by atoms with E-state index in [4.69, 9.17) is 4.74 Å². The predicted octanol–water partition coefficient (Wildman–Crippen LogP) is 4.86. The van der Waals surface area contributed by atoms with E-state index in [-0.39, 0.29) is 18.2 Å². The molecule has 2 aromatic carbocycles. The van der Waals surface area contributed by atoms with Crippen molar-refractivity contribution in [1.29, 1.82) is 0 Å². The van der Waals surface area contributed by atoms with Crippen molar-refractivity contribution in [3.8, 4) is 5.75 Å². The lowest BCUT2D eigenvalue weighted by Gasteiger charge is -2.13. The highest BCUT2D eigenvalue weighted by molar-refractivity contribution is 5.85. The van der Waals surface area contributed by atoms with Crippen LogP contribution in [0, 0.1) is 5.82 Å². The van der Waals surface area contributed by atoms with Gasteiger partial charge in [0, 0.05) is 12.6 Å². The van der Waals surface area contributed by atoms with Crippen molar-refractivity contribution in [1.82, 2.24) is 5.32 Å². The van der Waals surface area contributed by atoms with E-state index in [9.17, 15) is 4.39 Å². The first-order valence-corrected chi connectivity index (χ1v) is 7.99. The molecule has 0 amide bonds. The Morgan fingerprint density at radius 3 is 2.48 bits per heavy atom. The van der Waals surface area contributed by atoms with Gasteiger partial charge in [0.05, 0.1) is 0 Å². The normalized spacial score (nSPS) is 14.5. The summed E-state index contributed by atoms with van der Waals surface area (Å²) >= 11 is 0. The molecule has 2 aromatic rings. The molecule has 23 heavy (non-hydrogen) atoms. The summed E-state index contributed by atoms with van der Waals surface area (Å²) in [5.41, 5.74) is 2.21. The van der Waals surface area contributed by atoms with E-state index < -0.39 is 0 Å².